The van der Waals surface area contributed by atoms with Crippen LogP contribution in [0, 0.1) is 5.92 Å². The van der Waals surface area contributed by atoms with E-state index in [1.165, 1.54) is 38.5 Å². The van der Waals surface area contributed by atoms with Crippen molar-refractivity contribution < 1.29 is 33.5 Å². The highest BCUT2D eigenvalue weighted by atomic mass is 16.6. The normalized spacial score (nSPS) is 33.9. The van der Waals surface area contributed by atoms with E-state index >= 15 is 0 Å². The van der Waals surface area contributed by atoms with Gasteiger partial charge in [0, 0.05) is 25.2 Å². The number of rotatable bonds is 16. The minimum atomic E-state index is -0.937. The summed E-state index contributed by atoms with van der Waals surface area (Å²) in [7, 11) is 0. The van der Waals surface area contributed by atoms with Crippen LogP contribution in [0.15, 0.2) is 12.2 Å². The first-order chi connectivity index (χ1) is 21.8. The van der Waals surface area contributed by atoms with E-state index in [0.717, 1.165) is 95.9 Å². The van der Waals surface area contributed by atoms with E-state index in [9.17, 15) is 14.7 Å². The second-order valence-corrected chi connectivity index (χ2v) is 14.4. The molecular formula is C36H59N3O6. The molecule has 5 aliphatic heterocycles. The molecule has 0 bridgehead atoms. The van der Waals surface area contributed by atoms with E-state index in [-0.39, 0.29) is 36.6 Å². The van der Waals surface area contributed by atoms with Gasteiger partial charge in [-0.2, -0.15) is 0 Å². The number of carboxylic acid groups (broad SMARTS) is 1. The second kappa shape index (κ2) is 16.1. The van der Waals surface area contributed by atoms with Gasteiger partial charge >= 0.3 is 11.9 Å². The van der Waals surface area contributed by atoms with Crippen molar-refractivity contribution in [3.63, 3.8) is 0 Å². The van der Waals surface area contributed by atoms with Crippen LogP contribution in [0.1, 0.15) is 149 Å². The Morgan fingerprint density at radius 1 is 0.956 bits per heavy atom. The minimum absolute atomic E-state index is 0.0638. The number of hydrogen-bond donors (Lipinski definition) is 2. The van der Waals surface area contributed by atoms with Crippen molar-refractivity contribution in [2.45, 2.75) is 184 Å². The molecule has 2 saturated heterocycles. The molecule has 0 aromatic rings. The van der Waals surface area contributed by atoms with E-state index < -0.39 is 17.4 Å². The number of aliphatic carboxylic acids is 1. The zero-order valence-corrected chi connectivity index (χ0v) is 28.0. The van der Waals surface area contributed by atoms with Crippen molar-refractivity contribution in [2.75, 3.05) is 6.61 Å². The van der Waals surface area contributed by atoms with E-state index in [2.05, 4.69) is 41.2 Å². The standard InChI is InChI=1S/C36H59N3O6/c1-3-29-19-14-15-23-35(45-29)26-28-21-22-30-32(36(24-17-18-27(2)44-36)38-34(37-35)39(28)30)33(42)43-25-16-12-10-8-6-4-5-7-9-11-13-20-31(40)41/h14,19,27-30,32H,3-13,15-18,20-26H2,1-2H3,(H2,37,38,40,41)/t27-,28+,29+,30-,32-,35+,36-/m1/s1. The van der Waals surface area contributed by atoms with Gasteiger partial charge < -0.3 is 24.1 Å². The first-order valence-electron chi connectivity index (χ1n) is 18.5. The molecule has 7 atom stereocenters. The quantitative estimate of drug-likeness (QED) is 0.104. The molecule has 0 aromatic heterocycles. The predicted molar refractivity (Wildman–Crippen MR) is 171 cm³/mol. The van der Waals surface area contributed by atoms with Gasteiger partial charge in [0.2, 0.25) is 5.72 Å². The first-order valence-corrected chi connectivity index (χ1v) is 18.5. The second-order valence-electron chi connectivity index (χ2n) is 14.4. The topological polar surface area (TPSA) is 112 Å². The molecular weight excluding hydrogens is 570 g/mol. The summed E-state index contributed by atoms with van der Waals surface area (Å²) in [5.41, 5.74) is -1.16. The predicted octanol–water partition coefficient (Wildman–Crippen LogP) is 5.20. The fourth-order valence-corrected chi connectivity index (χ4v) is 8.62. The minimum Gasteiger partial charge on any atom is -0.550 e. The van der Waals surface area contributed by atoms with Crippen LogP contribution in [0.3, 0.4) is 0 Å². The first kappa shape index (κ1) is 34.2. The van der Waals surface area contributed by atoms with Gasteiger partial charge in [-0.25, -0.2) is 10.6 Å². The number of guanidine groups is 1. The van der Waals surface area contributed by atoms with Crippen molar-refractivity contribution in [1.29, 1.82) is 0 Å². The number of allylic oxidation sites excluding steroid dienone is 1. The Labute approximate surface area is 270 Å². The third-order valence-corrected chi connectivity index (χ3v) is 10.9. The summed E-state index contributed by atoms with van der Waals surface area (Å²) in [4.78, 5) is 24.4. The van der Waals surface area contributed by atoms with Crippen molar-refractivity contribution in [3.8, 4) is 0 Å². The lowest BCUT2D eigenvalue weighted by molar-refractivity contribution is -0.609. The van der Waals surface area contributed by atoms with Crippen LogP contribution in [0.5, 0.6) is 0 Å². The van der Waals surface area contributed by atoms with Crippen LogP contribution in [0.2, 0.25) is 0 Å². The van der Waals surface area contributed by atoms with Crippen molar-refractivity contribution in [1.82, 2.24) is 10.6 Å². The van der Waals surface area contributed by atoms with Crippen LogP contribution in [-0.2, 0) is 23.8 Å². The molecule has 0 aromatic carbocycles. The number of carbonyl (C=O) groups excluding carboxylic acids is 2. The molecule has 0 amide bonds. The molecule has 5 aliphatic rings. The number of hydrogen-bond acceptors (Lipinski definition) is 8. The highest BCUT2D eigenvalue weighted by Gasteiger charge is 2.64. The molecule has 9 nitrogen and oxygen atoms in total. The summed E-state index contributed by atoms with van der Waals surface area (Å²) in [5.74, 6) is -0.416. The van der Waals surface area contributed by atoms with E-state index in [1.54, 1.807) is 0 Å². The maximum atomic E-state index is 13.9. The van der Waals surface area contributed by atoms with Gasteiger partial charge in [-0.15, -0.1) is 0 Å². The number of carboxylic acids is 1. The van der Waals surface area contributed by atoms with Gasteiger partial charge in [0.1, 0.15) is 0 Å². The lowest BCUT2D eigenvalue weighted by Gasteiger charge is -2.50. The van der Waals surface area contributed by atoms with Crippen molar-refractivity contribution >= 4 is 17.9 Å². The van der Waals surface area contributed by atoms with E-state index in [1.807, 2.05) is 0 Å². The monoisotopic (exact) mass is 629 g/mol. The van der Waals surface area contributed by atoms with Gasteiger partial charge in [-0.1, -0.05) is 76.9 Å². The number of nitrogens with zero attached hydrogens (tertiary/aromatic N) is 1. The molecule has 254 valence electrons. The Kier molecular flexibility index (Phi) is 12.3. The number of unbranched alkanes of at least 4 members (excludes halogenated alkanes) is 10. The zero-order chi connectivity index (χ0) is 31.7. The highest BCUT2D eigenvalue weighted by Crippen LogP contribution is 2.45. The molecule has 5 heterocycles. The molecule has 2 spiro atoms. The Morgan fingerprint density at radius 2 is 1.67 bits per heavy atom. The maximum Gasteiger partial charge on any atom is 0.350 e. The number of nitrogens with one attached hydrogen (secondary N) is 2. The maximum absolute atomic E-state index is 13.9. The van der Waals surface area contributed by atoms with Crippen LogP contribution in [0.4, 0.5) is 0 Å². The van der Waals surface area contributed by atoms with Gasteiger partial charge in [-0.3, -0.25) is 9.37 Å². The lowest BCUT2D eigenvalue weighted by Crippen LogP contribution is -2.76. The summed E-state index contributed by atoms with van der Waals surface area (Å²) < 4.78 is 22.0. The Hall–Kier alpha value is -2.13. The average Bonchev–Trinajstić information content (AvgIpc) is 3.31. The van der Waals surface area contributed by atoms with Crippen LogP contribution in [-0.4, -0.2) is 64.8 Å². The Morgan fingerprint density at radius 3 is 2.36 bits per heavy atom. The van der Waals surface area contributed by atoms with Gasteiger partial charge in [0.25, 0.3) is 0 Å². The van der Waals surface area contributed by atoms with Crippen LogP contribution in [0.25, 0.3) is 0 Å². The van der Waals surface area contributed by atoms with Crippen molar-refractivity contribution in [2.24, 2.45) is 5.92 Å². The van der Waals surface area contributed by atoms with Crippen LogP contribution < -0.4 is 15.7 Å². The lowest BCUT2D eigenvalue weighted by atomic mass is 9.80. The summed E-state index contributed by atoms with van der Waals surface area (Å²) in [6.45, 7) is 4.78. The summed E-state index contributed by atoms with van der Waals surface area (Å²) in [6.07, 6.45) is 25.6. The third-order valence-electron chi connectivity index (χ3n) is 10.9. The molecule has 5 rings (SSSR count). The van der Waals surface area contributed by atoms with Gasteiger partial charge in [-0.05, 0) is 64.7 Å². The fraction of sp³-hybridized carbons (Fsp3) is 0.861. The van der Waals surface area contributed by atoms with Gasteiger partial charge in [0.05, 0.1) is 30.9 Å². The smallest absolute Gasteiger partial charge is 0.350 e. The number of ether oxygens (including phenoxy) is 3. The molecule has 0 unspecified atom stereocenters. The summed E-state index contributed by atoms with van der Waals surface area (Å²) in [5, 5.41) is 18.1. The van der Waals surface area contributed by atoms with Gasteiger partial charge in [0.15, 0.2) is 11.6 Å². The summed E-state index contributed by atoms with van der Waals surface area (Å²) in [6, 6.07) is 0.395. The molecule has 2 N–H and O–H groups in total. The SMILES string of the molecule is CC[C@H]1C=CCC[C@@]2(C[C@@H]3CC[C@@H]4[C@H](C(=O)OCCCCCCCCCCCCCC(=O)[O-])[C@]5(CCC[C@@H](C)O5)NC(=[N+]34)N2)O1. The Balaban J connectivity index is 1.11. The van der Waals surface area contributed by atoms with Crippen LogP contribution >= 0.6 is 0 Å². The molecule has 0 saturated carbocycles. The fourth-order valence-electron chi connectivity index (χ4n) is 8.62. The highest BCUT2D eigenvalue weighted by molar-refractivity contribution is 5.82. The molecule has 2 fully saturated rings. The summed E-state index contributed by atoms with van der Waals surface area (Å²) >= 11 is 0. The average molecular weight is 630 g/mol. The largest absolute Gasteiger partial charge is 0.550 e. The molecule has 0 aliphatic carbocycles. The number of esters is 1. The Bertz CT molecular complexity index is 1060. The molecule has 0 radical (unpaired) electrons. The molecule has 45 heavy (non-hydrogen) atoms. The number of carbonyl (C=O) groups is 2. The van der Waals surface area contributed by atoms with E-state index in [4.69, 9.17) is 14.2 Å². The van der Waals surface area contributed by atoms with Crippen molar-refractivity contribution in [3.05, 3.63) is 12.2 Å². The zero-order valence-electron chi connectivity index (χ0n) is 28.0. The van der Waals surface area contributed by atoms with E-state index in [0.29, 0.717) is 12.6 Å². The third kappa shape index (κ3) is 8.62. The molecule has 9 heteroatoms.